The number of nitrogens with one attached hydrogen (secondary N) is 2. The molecule has 9 nitrogen and oxygen atoms in total. The van der Waals surface area contributed by atoms with Gasteiger partial charge in [-0.1, -0.05) is 11.6 Å². The van der Waals surface area contributed by atoms with E-state index < -0.39 is 21.9 Å². The highest BCUT2D eigenvalue weighted by Crippen LogP contribution is 2.37. The molecule has 1 aliphatic rings. The molecule has 1 amide bonds. The SMILES string of the molecule is CC(C)Oc1cc(N2CC(F)(F)C2)cnc1-c1cc(C(=O)Nc2cc(Cl)cc(NS(C)(=O)=O)c2)cn1C. The molecule has 0 saturated carbocycles. The third-order valence-corrected chi connectivity index (χ3v) is 6.20. The van der Waals surface area contributed by atoms with Crippen molar-refractivity contribution >= 4 is 44.6 Å². The average molecular weight is 554 g/mol. The fourth-order valence-electron chi connectivity index (χ4n) is 3.90. The normalized spacial score (nSPS) is 14.9. The van der Waals surface area contributed by atoms with Gasteiger partial charge in [-0.3, -0.25) is 9.52 Å². The Hall–Kier alpha value is -3.38. The van der Waals surface area contributed by atoms with Crippen molar-refractivity contribution in [1.29, 1.82) is 0 Å². The minimum atomic E-state index is -3.53. The van der Waals surface area contributed by atoms with Crippen molar-refractivity contribution in [3.05, 3.63) is 53.3 Å². The molecule has 3 aromatic rings. The third-order valence-electron chi connectivity index (χ3n) is 5.38. The van der Waals surface area contributed by atoms with E-state index in [0.29, 0.717) is 34.1 Å². The van der Waals surface area contributed by atoms with Crippen molar-refractivity contribution in [1.82, 2.24) is 9.55 Å². The number of hydrogen-bond donors (Lipinski definition) is 2. The Bertz CT molecular complexity index is 1450. The first-order valence-corrected chi connectivity index (χ1v) is 13.5. The van der Waals surface area contributed by atoms with Gasteiger partial charge in [-0.25, -0.2) is 22.2 Å². The second kappa shape index (κ2) is 9.82. The minimum Gasteiger partial charge on any atom is -0.489 e. The average Bonchev–Trinajstić information content (AvgIpc) is 3.11. The number of carbonyl (C=O) groups excluding carboxylic acids is 1. The van der Waals surface area contributed by atoms with Crippen LogP contribution in [0.1, 0.15) is 24.2 Å². The van der Waals surface area contributed by atoms with Gasteiger partial charge in [0.15, 0.2) is 0 Å². The maximum atomic E-state index is 13.4. The Morgan fingerprint density at radius 1 is 1.16 bits per heavy atom. The van der Waals surface area contributed by atoms with Crippen molar-refractivity contribution < 1.29 is 26.7 Å². The predicted molar refractivity (Wildman–Crippen MR) is 139 cm³/mol. The van der Waals surface area contributed by atoms with Crippen LogP contribution in [0.15, 0.2) is 42.7 Å². The van der Waals surface area contributed by atoms with E-state index in [4.69, 9.17) is 16.3 Å². The summed E-state index contributed by atoms with van der Waals surface area (Å²) in [6.07, 6.45) is 3.92. The van der Waals surface area contributed by atoms with Crippen LogP contribution in [0.5, 0.6) is 5.75 Å². The molecule has 2 aromatic heterocycles. The molecule has 0 radical (unpaired) electrons. The van der Waals surface area contributed by atoms with Crippen LogP contribution in [-0.4, -0.2) is 55.2 Å². The molecule has 37 heavy (non-hydrogen) atoms. The monoisotopic (exact) mass is 553 g/mol. The van der Waals surface area contributed by atoms with Gasteiger partial charge < -0.3 is 19.5 Å². The van der Waals surface area contributed by atoms with Crippen LogP contribution < -0.4 is 19.7 Å². The number of benzene rings is 1. The van der Waals surface area contributed by atoms with Crippen LogP contribution in [0, 0.1) is 0 Å². The summed E-state index contributed by atoms with van der Waals surface area (Å²) in [6.45, 7) is 2.93. The van der Waals surface area contributed by atoms with Gasteiger partial charge in [0, 0.05) is 30.0 Å². The number of pyridine rings is 1. The van der Waals surface area contributed by atoms with Crippen molar-refractivity contribution in [2.24, 2.45) is 7.05 Å². The second-order valence-corrected chi connectivity index (χ2v) is 11.4. The topological polar surface area (TPSA) is 106 Å². The zero-order valence-electron chi connectivity index (χ0n) is 20.5. The Morgan fingerprint density at radius 3 is 2.46 bits per heavy atom. The first kappa shape index (κ1) is 26.7. The summed E-state index contributed by atoms with van der Waals surface area (Å²) in [6, 6.07) is 7.66. The number of hydrogen-bond acceptors (Lipinski definition) is 6. The highest BCUT2D eigenvalue weighted by molar-refractivity contribution is 7.92. The zero-order chi connectivity index (χ0) is 27.1. The molecule has 0 aliphatic carbocycles. The van der Waals surface area contributed by atoms with E-state index in [1.807, 2.05) is 13.8 Å². The van der Waals surface area contributed by atoms with Gasteiger partial charge in [0.25, 0.3) is 11.8 Å². The summed E-state index contributed by atoms with van der Waals surface area (Å²) in [4.78, 5) is 19.0. The first-order valence-electron chi connectivity index (χ1n) is 11.2. The molecule has 198 valence electrons. The number of amides is 1. The van der Waals surface area contributed by atoms with Gasteiger partial charge in [0.1, 0.15) is 11.4 Å². The van der Waals surface area contributed by atoms with Crippen LogP contribution in [0.4, 0.5) is 25.8 Å². The quantitative estimate of drug-likeness (QED) is 0.422. The summed E-state index contributed by atoms with van der Waals surface area (Å²) in [5.74, 6) is -2.77. The smallest absolute Gasteiger partial charge is 0.282 e. The second-order valence-electron chi connectivity index (χ2n) is 9.20. The summed E-state index contributed by atoms with van der Waals surface area (Å²) >= 11 is 6.08. The van der Waals surface area contributed by atoms with E-state index in [-0.39, 0.29) is 29.9 Å². The number of rotatable bonds is 8. The molecule has 2 N–H and O–H groups in total. The molecule has 0 spiro atoms. The molecule has 0 atom stereocenters. The van der Waals surface area contributed by atoms with E-state index >= 15 is 0 Å². The lowest BCUT2D eigenvalue weighted by atomic mass is 10.1. The van der Waals surface area contributed by atoms with Crippen molar-refractivity contribution in [2.75, 3.05) is 34.3 Å². The van der Waals surface area contributed by atoms with Gasteiger partial charge in [0.05, 0.1) is 54.3 Å². The Labute approximate surface area is 218 Å². The third kappa shape index (κ3) is 6.50. The standard InChI is InChI=1S/C24H26ClF2N5O4S/c1-14(2)36-21-9-19(32-12-24(26,27)13-32)10-28-22(21)20-5-15(11-31(20)3)23(33)29-17-6-16(25)7-18(8-17)30-37(4,34)35/h5-11,14,30H,12-13H2,1-4H3,(H,29,33). The van der Waals surface area contributed by atoms with Crippen molar-refractivity contribution in [2.45, 2.75) is 25.9 Å². The summed E-state index contributed by atoms with van der Waals surface area (Å²) in [5, 5.41) is 2.94. The maximum Gasteiger partial charge on any atom is 0.282 e. The Balaban J connectivity index is 1.60. The largest absolute Gasteiger partial charge is 0.489 e. The Kier molecular flexibility index (Phi) is 7.08. The highest BCUT2D eigenvalue weighted by atomic mass is 35.5. The molecule has 13 heteroatoms. The van der Waals surface area contributed by atoms with Crippen LogP contribution in [0.25, 0.3) is 11.4 Å². The number of anilines is 3. The molecule has 0 bridgehead atoms. The number of aromatic nitrogens is 2. The fourth-order valence-corrected chi connectivity index (χ4v) is 4.68. The number of carbonyl (C=O) groups is 1. The lowest BCUT2D eigenvalue weighted by Crippen LogP contribution is -2.56. The highest BCUT2D eigenvalue weighted by Gasteiger charge is 2.44. The Morgan fingerprint density at radius 2 is 1.84 bits per heavy atom. The first-order chi connectivity index (χ1) is 17.2. The lowest BCUT2D eigenvalue weighted by molar-refractivity contribution is -0.0263. The molecule has 3 heterocycles. The summed E-state index contributed by atoms with van der Waals surface area (Å²) in [7, 11) is -1.79. The fraction of sp³-hybridized carbons (Fsp3) is 0.333. The number of sulfonamides is 1. The molecular weight excluding hydrogens is 528 g/mol. The van der Waals surface area contributed by atoms with E-state index in [1.54, 1.807) is 29.9 Å². The van der Waals surface area contributed by atoms with Gasteiger partial charge in [-0.05, 0) is 38.1 Å². The van der Waals surface area contributed by atoms with E-state index in [1.165, 1.54) is 29.3 Å². The molecule has 1 aromatic carbocycles. The van der Waals surface area contributed by atoms with Gasteiger partial charge in [0.2, 0.25) is 10.0 Å². The van der Waals surface area contributed by atoms with Crippen LogP contribution in [0.3, 0.4) is 0 Å². The number of halogens is 3. The number of nitrogens with zero attached hydrogens (tertiary/aromatic N) is 3. The minimum absolute atomic E-state index is 0.200. The lowest BCUT2D eigenvalue weighted by Gasteiger charge is -2.40. The van der Waals surface area contributed by atoms with Gasteiger partial charge in [-0.2, -0.15) is 0 Å². The van der Waals surface area contributed by atoms with Gasteiger partial charge >= 0.3 is 0 Å². The number of ether oxygens (including phenoxy) is 1. The molecule has 1 fully saturated rings. The number of aryl methyl sites for hydroxylation is 1. The maximum absolute atomic E-state index is 13.4. The molecule has 1 saturated heterocycles. The van der Waals surface area contributed by atoms with E-state index in [9.17, 15) is 22.0 Å². The van der Waals surface area contributed by atoms with E-state index in [0.717, 1.165) is 6.26 Å². The summed E-state index contributed by atoms with van der Waals surface area (Å²) in [5.41, 5.74) is 2.36. The van der Waals surface area contributed by atoms with Crippen LogP contribution in [0.2, 0.25) is 5.02 Å². The van der Waals surface area contributed by atoms with Crippen LogP contribution in [-0.2, 0) is 17.1 Å². The van der Waals surface area contributed by atoms with Crippen molar-refractivity contribution in [3.63, 3.8) is 0 Å². The van der Waals surface area contributed by atoms with Crippen LogP contribution >= 0.6 is 11.6 Å². The van der Waals surface area contributed by atoms with E-state index in [2.05, 4.69) is 15.0 Å². The van der Waals surface area contributed by atoms with Crippen molar-refractivity contribution in [3.8, 4) is 17.1 Å². The zero-order valence-corrected chi connectivity index (χ0v) is 22.1. The number of alkyl halides is 2. The molecule has 1 aliphatic heterocycles. The molecular formula is C24H26ClF2N5O4S. The predicted octanol–water partition coefficient (Wildman–Crippen LogP) is 4.61. The molecule has 4 rings (SSSR count). The summed E-state index contributed by atoms with van der Waals surface area (Å²) < 4.78 is 59.8. The van der Waals surface area contributed by atoms with Gasteiger partial charge in [-0.15, -0.1) is 0 Å². The molecule has 0 unspecified atom stereocenters.